The number of aryl methyl sites for hydroxylation is 1. The molecule has 0 fully saturated rings. The molecule has 0 saturated carbocycles. The predicted molar refractivity (Wildman–Crippen MR) is 120 cm³/mol. The first-order valence-electron chi connectivity index (χ1n) is 8.49. The van der Waals surface area contributed by atoms with Gasteiger partial charge in [0.05, 0.1) is 19.7 Å². The Balaban J connectivity index is 0.00000338. The van der Waals surface area contributed by atoms with Crippen molar-refractivity contribution in [3.63, 3.8) is 0 Å². The van der Waals surface area contributed by atoms with Crippen LogP contribution in [0.1, 0.15) is 22.2 Å². The highest BCUT2D eigenvalue weighted by Gasteiger charge is 2.01. The van der Waals surface area contributed by atoms with Crippen LogP contribution in [0.4, 0.5) is 0 Å². The third-order valence-corrected chi connectivity index (χ3v) is 4.45. The largest absolute Gasteiger partial charge is 0.491 e. The maximum Gasteiger partial charge on any atom is 0.191 e. The van der Waals surface area contributed by atoms with Crippen molar-refractivity contribution < 1.29 is 9.47 Å². The fraction of sp³-hybridized carbons (Fsp3) is 0.421. The van der Waals surface area contributed by atoms with Crippen molar-refractivity contribution in [2.75, 3.05) is 26.9 Å². The summed E-state index contributed by atoms with van der Waals surface area (Å²) < 4.78 is 10.6. The molecule has 7 heteroatoms. The number of aliphatic imine (C=N–C) groups is 1. The van der Waals surface area contributed by atoms with Gasteiger partial charge in [-0.05, 0) is 43.7 Å². The first-order valence-corrected chi connectivity index (χ1v) is 9.31. The van der Waals surface area contributed by atoms with E-state index < -0.39 is 0 Å². The van der Waals surface area contributed by atoms with Gasteiger partial charge in [-0.1, -0.05) is 12.1 Å². The van der Waals surface area contributed by atoms with Gasteiger partial charge in [-0.15, -0.1) is 35.3 Å². The van der Waals surface area contributed by atoms with E-state index in [2.05, 4.69) is 47.7 Å². The molecule has 0 amide bonds. The van der Waals surface area contributed by atoms with E-state index in [1.807, 2.05) is 18.2 Å². The van der Waals surface area contributed by atoms with Crippen LogP contribution < -0.4 is 15.4 Å². The van der Waals surface area contributed by atoms with Gasteiger partial charge >= 0.3 is 0 Å². The van der Waals surface area contributed by atoms with Crippen LogP contribution in [0.5, 0.6) is 5.75 Å². The van der Waals surface area contributed by atoms with Crippen molar-refractivity contribution in [2.45, 2.75) is 26.9 Å². The van der Waals surface area contributed by atoms with E-state index in [0.717, 1.165) is 30.4 Å². The Morgan fingerprint density at radius 1 is 1.15 bits per heavy atom. The third-order valence-electron chi connectivity index (χ3n) is 3.44. The fourth-order valence-electron chi connectivity index (χ4n) is 2.24. The number of benzene rings is 1. The van der Waals surface area contributed by atoms with E-state index in [4.69, 9.17) is 9.47 Å². The van der Waals surface area contributed by atoms with Gasteiger partial charge in [0.25, 0.3) is 0 Å². The van der Waals surface area contributed by atoms with Gasteiger partial charge in [-0.25, -0.2) is 4.99 Å². The highest BCUT2D eigenvalue weighted by Crippen LogP contribution is 2.15. The minimum atomic E-state index is 0. The summed E-state index contributed by atoms with van der Waals surface area (Å²) in [5, 5.41) is 6.66. The summed E-state index contributed by atoms with van der Waals surface area (Å²) in [7, 11) is 1.67. The number of halogens is 1. The number of hydrogen-bond acceptors (Lipinski definition) is 4. The molecule has 1 aromatic heterocycles. The number of guanidine groups is 1. The zero-order valence-electron chi connectivity index (χ0n) is 15.6. The summed E-state index contributed by atoms with van der Waals surface area (Å²) in [4.78, 5) is 7.29. The molecule has 0 bridgehead atoms. The summed E-state index contributed by atoms with van der Waals surface area (Å²) in [6.45, 7) is 7.53. The van der Waals surface area contributed by atoms with Gasteiger partial charge in [-0.2, -0.15) is 0 Å². The molecule has 0 aliphatic carbocycles. The number of nitrogens with one attached hydrogen (secondary N) is 2. The lowest BCUT2D eigenvalue weighted by Crippen LogP contribution is -2.36. The molecule has 0 unspecified atom stereocenters. The minimum absolute atomic E-state index is 0. The second kappa shape index (κ2) is 12.9. The van der Waals surface area contributed by atoms with Gasteiger partial charge in [-0.3, -0.25) is 0 Å². The Morgan fingerprint density at radius 2 is 2.00 bits per heavy atom. The van der Waals surface area contributed by atoms with Gasteiger partial charge in [0.2, 0.25) is 0 Å². The lowest BCUT2D eigenvalue weighted by Gasteiger charge is -2.11. The van der Waals surface area contributed by atoms with Crippen LogP contribution in [0, 0.1) is 6.92 Å². The Bertz CT molecular complexity index is 676. The summed E-state index contributed by atoms with van der Waals surface area (Å²) in [5.74, 6) is 1.66. The van der Waals surface area contributed by atoms with Crippen LogP contribution >= 0.6 is 35.3 Å². The zero-order valence-corrected chi connectivity index (χ0v) is 18.7. The molecule has 5 nitrogen and oxygen atoms in total. The number of ether oxygens (including phenoxy) is 2. The monoisotopic (exact) mass is 489 g/mol. The van der Waals surface area contributed by atoms with Crippen LogP contribution in [0.15, 0.2) is 41.4 Å². The molecule has 2 N–H and O–H groups in total. The van der Waals surface area contributed by atoms with Gasteiger partial charge in [0, 0.05) is 23.4 Å². The number of hydrogen-bond donors (Lipinski definition) is 2. The second-order valence-electron chi connectivity index (χ2n) is 5.55. The molecular formula is C19H28IN3O2S. The van der Waals surface area contributed by atoms with Gasteiger partial charge in [0.15, 0.2) is 5.96 Å². The Morgan fingerprint density at radius 3 is 2.69 bits per heavy atom. The van der Waals surface area contributed by atoms with Crippen LogP contribution in [-0.4, -0.2) is 32.8 Å². The number of rotatable bonds is 9. The average molecular weight is 489 g/mol. The summed E-state index contributed by atoms with van der Waals surface area (Å²) in [5.41, 5.74) is 1.11. The van der Waals surface area contributed by atoms with Crippen molar-refractivity contribution >= 4 is 41.3 Å². The second-order valence-corrected chi connectivity index (χ2v) is 6.92. The van der Waals surface area contributed by atoms with Crippen LogP contribution in [0.25, 0.3) is 0 Å². The highest BCUT2D eigenvalue weighted by atomic mass is 127. The maximum atomic E-state index is 5.65. The SMILES string of the molecule is CCNC(=NCc1cccc(OCCOC)c1)NCc1ccc(C)s1.I. The first-order chi connectivity index (χ1) is 12.2. The maximum absolute atomic E-state index is 5.65. The molecule has 144 valence electrons. The van der Waals surface area contributed by atoms with Crippen molar-refractivity contribution in [3.05, 3.63) is 51.7 Å². The molecule has 0 atom stereocenters. The molecule has 0 radical (unpaired) electrons. The number of thiophene rings is 1. The van der Waals surface area contributed by atoms with Crippen LogP contribution in [0.2, 0.25) is 0 Å². The lowest BCUT2D eigenvalue weighted by atomic mass is 10.2. The molecule has 2 aromatic rings. The molecule has 1 aromatic carbocycles. The first kappa shape index (κ1) is 22.7. The summed E-state index contributed by atoms with van der Waals surface area (Å²) in [6, 6.07) is 12.3. The van der Waals surface area contributed by atoms with E-state index >= 15 is 0 Å². The highest BCUT2D eigenvalue weighted by molar-refractivity contribution is 14.0. The molecule has 0 saturated heterocycles. The lowest BCUT2D eigenvalue weighted by molar-refractivity contribution is 0.146. The van der Waals surface area contributed by atoms with Crippen molar-refractivity contribution in [2.24, 2.45) is 4.99 Å². The van der Waals surface area contributed by atoms with E-state index in [-0.39, 0.29) is 24.0 Å². The predicted octanol–water partition coefficient (Wildman–Crippen LogP) is 3.96. The standard InChI is InChI=1S/C19H27N3O2S.HI/c1-4-20-19(22-14-18-9-8-15(2)25-18)21-13-16-6-5-7-17(12-16)24-11-10-23-3;/h5-9,12H,4,10-11,13-14H2,1-3H3,(H2,20,21,22);1H. The minimum Gasteiger partial charge on any atom is -0.491 e. The van der Waals surface area contributed by atoms with E-state index in [0.29, 0.717) is 19.8 Å². The number of nitrogens with zero attached hydrogens (tertiary/aromatic N) is 1. The van der Waals surface area contributed by atoms with Crippen molar-refractivity contribution in [3.8, 4) is 5.75 Å². The molecule has 26 heavy (non-hydrogen) atoms. The third kappa shape index (κ3) is 8.37. The van der Waals surface area contributed by atoms with Gasteiger partial charge in [0.1, 0.15) is 12.4 Å². The van der Waals surface area contributed by atoms with Crippen molar-refractivity contribution in [1.29, 1.82) is 0 Å². The van der Waals surface area contributed by atoms with E-state index in [1.165, 1.54) is 9.75 Å². The topological polar surface area (TPSA) is 54.9 Å². The van der Waals surface area contributed by atoms with Gasteiger partial charge < -0.3 is 20.1 Å². The van der Waals surface area contributed by atoms with Crippen molar-refractivity contribution in [1.82, 2.24) is 10.6 Å². The number of methoxy groups -OCH3 is 1. The van der Waals surface area contributed by atoms with E-state index in [9.17, 15) is 0 Å². The molecule has 0 spiro atoms. The average Bonchev–Trinajstić information content (AvgIpc) is 3.03. The quantitative estimate of drug-likeness (QED) is 0.243. The molecule has 1 heterocycles. The smallest absolute Gasteiger partial charge is 0.191 e. The van der Waals surface area contributed by atoms with Crippen LogP contribution in [-0.2, 0) is 17.8 Å². The normalized spacial score (nSPS) is 11.0. The van der Waals surface area contributed by atoms with E-state index in [1.54, 1.807) is 18.4 Å². The summed E-state index contributed by atoms with van der Waals surface area (Å²) >= 11 is 1.80. The Hall–Kier alpha value is -1.32. The molecular weight excluding hydrogens is 461 g/mol. The molecule has 2 rings (SSSR count). The zero-order chi connectivity index (χ0) is 17.9. The summed E-state index contributed by atoms with van der Waals surface area (Å²) in [6.07, 6.45) is 0. The fourth-order valence-corrected chi connectivity index (χ4v) is 3.07. The molecule has 0 aliphatic rings. The Kier molecular flexibility index (Phi) is 11.3. The van der Waals surface area contributed by atoms with Crippen LogP contribution in [0.3, 0.4) is 0 Å². The Labute approximate surface area is 177 Å². The molecule has 0 aliphatic heterocycles.